The number of unbranched alkanes of at least 4 members (excludes halogenated alkanes) is 1. The molecule has 0 aliphatic carbocycles. The molecule has 0 saturated heterocycles. The van der Waals surface area contributed by atoms with Crippen LogP contribution in [-0.4, -0.2) is 29.3 Å². The van der Waals surface area contributed by atoms with E-state index in [0.717, 1.165) is 28.4 Å². The van der Waals surface area contributed by atoms with E-state index in [9.17, 15) is 9.59 Å². The molecule has 31 heavy (non-hydrogen) atoms. The van der Waals surface area contributed by atoms with Gasteiger partial charge >= 0.3 is 0 Å². The maximum Gasteiger partial charge on any atom is 0.242 e. The lowest BCUT2D eigenvalue weighted by molar-refractivity contribution is -0.140. The molecule has 1 N–H and O–H groups in total. The van der Waals surface area contributed by atoms with E-state index in [2.05, 4.69) is 66.3 Å². The van der Waals surface area contributed by atoms with E-state index in [-0.39, 0.29) is 11.8 Å². The molecule has 0 aliphatic rings. The second-order valence-corrected chi connectivity index (χ2v) is 9.28. The third kappa shape index (κ3) is 8.13. The maximum absolute atomic E-state index is 13.2. The summed E-state index contributed by atoms with van der Waals surface area (Å²) in [5, 5.41) is 2.96. The quantitative estimate of drug-likeness (QED) is 0.405. The molecule has 5 heteroatoms. The maximum atomic E-state index is 13.2. The van der Waals surface area contributed by atoms with Gasteiger partial charge in [-0.1, -0.05) is 79.5 Å². The molecule has 2 aromatic carbocycles. The highest BCUT2D eigenvalue weighted by Gasteiger charge is 2.25. The molecule has 2 aromatic rings. The number of carbonyl (C=O) groups is 2. The van der Waals surface area contributed by atoms with Crippen molar-refractivity contribution >= 4 is 27.7 Å². The molecule has 1 unspecified atom stereocenters. The van der Waals surface area contributed by atoms with Crippen molar-refractivity contribution in [1.82, 2.24) is 10.2 Å². The van der Waals surface area contributed by atoms with Gasteiger partial charge in [-0.05, 0) is 54.5 Å². The molecule has 0 radical (unpaired) electrons. The van der Waals surface area contributed by atoms with Gasteiger partial charge in [0.15, 0.2) is 0 Å². The van der Waals surface area contributed by atoms with Crippen molar-refractivity contribution in [3.63, 3.8) is 0 Å². The minimum atomic E-state index is -0.522. The second-order valence-electron chi connectivity index (χ2n) is 8.37. The van der Waals surface area contributed by atoms with Gasteiger partial charge in [-0.2, -0.15) is 0 Å². The number of halogens is 1. The van der Waals surface area contributed by atoms with E-state index < -0.39 is 6.04 Å². The van der Waals surface area contributed by atoms with Crippen molar-refractivity contribution in [3.8, 4) is 0 Å². The van der Waals surface area contributed by atoms with Crippen LogP contribution < -0.4 is 5.32 Å². The number of amides is 2. The van der Waals surface area contributed by atoms with Crippen molar-refractivity contribution in [1.29, 1.82) is 0 Å². The van der Waals surface area contributed by atoms with Crippen LogP contribution in [0.25, 0.3) is 0 Å². The van der Waals surface area contributed by atoms with E-state index in [4.69, 9.17) is 0 Å². The number of aryl methyl sites for hydroxylation is 1. The predicted octanol–water partition coefficient (Wildman–Crippen LogP) is 5.84. The predicted molar refractivity (Wildman–Crippen MR) is 131 cm³/mol. The van der Waals surface area contributed by atoms with Gasteiger partial charge in [0.2, 0.25) is 11.8 Å². The lowest BCUT2D eigenvalue weighted by Gasteiger charge is -2.29. The van der Waals surface area contributed by atoms with Crippen molar-refractivity contribution in [2.45, 2.75) is 71.9 Å². The number of nitrogens with zero attached hydrogens (tertiary/aromatic N) is 1. The molecule has 0 fully saturated rings. The summed E-state index contributed by atoms with van der Waals surface area (Å²) in [5.41, 5.74) is 3.43. The van der Waals surface area contributed by atoms with Crippen LogP contribution in [-0.2, 0) is 22.6 Å². The summed E-state index contributed by atoms with van der Waals surface area (Å²) in [5.74, 6) is 0.382. The lowest BCUT2D eigenvalue weighted by atomic mass is 10.00. The third-order valence-electron chi connectivity index (χ3n) is 5.51. The first-order chi connectivity index (χ1) is 14.8. The molecule has 4 nitrogen and oxygen atoms in total. The van der Waals surface area contributed by atoms with E-state index in [1.54, 1.807) is 4.90 Å². The van der Waals surface area contributed by atoms with E-state index >= 15 is 0 Å². The molecular formula is C26H35BrN2O2. The zero-order chi connectivity index (χ0) is 22.8. The van der Waals surface area contributed by atoms with E-state index in [1.807, 2.05) is 31.2 Å². The molecule has 1 atom stereocenters. The minimum absolute atomic E-state index is 0.00828. The Morgan fingerprint density at radius 2 is 1.74 bits per heavy atom. The van der Waals surface area contributed by atoms with Crippen molar-refractivity contribution in [2.24, 2.45) is 0 Å². The van der Waals surface area contributed by atoms with Crippen LogP contribution in [0.3, 0.4) is 0 Å². The van der Waals surface area contributed by atoms with E-state index in [0.29, 0.717) is 31.8 Å². The normalized spacial score (nSPS) is 11.9. The molecule has 2 amide bonds. The molecule has 0 aliphatic heterocycles. The summed E-state index contributed by atoms with van der Waals surface area (Å²) >= 11 is 3.49. The highest BCUT2D eigenvalue weighted by Crippen LogP contribution is 2.18. The average molecular weight is 487 g/mol. The van der Waals surface area contributed by atoms with Gasteiger partial charge in [0.05, 0.1) is 0 Å². The number of nitrogens with one attached hydrogen (secondary N) is 1. The molecule has 0 spiro atoms. The largest absolute Gasteiger partial charge is 0.354 e. The Balaban J connectivity index is 2.09. The molecule has 0 aromatic heterocycles. The highest BCUT2D eigenvalue weighted by atomic mass is 79.9. The van der Waals surface area contributed by atoms with Gasteiger partial charge in [-0.25, -0.2) is 0 Å². The van der Waals surface area contributed by atoms with Crippen LogP contribution in [0.2, 0.25) is 0 Å². The first kappa shape index (κ1) is 25.1. The fraction of sp³-hybridized carbons (Fsp3) is 0.462. The van der Waals surface area contributed by atoms with Gasteiger partial charge in [0.25, 0.3) is 0 Å². The van der Waals surface area contributed by atoms with Crippen molar-refractivity contribution < 1.29 is 9.59 Å². The first-order valence-electron chi connectivity index (χ1n) is 11.2. The summed E-state index contributed by atoms with van der Waals surface area (Å²) in [6.45, 7) is 9.30. The van der Waals surface area contributed by atoms with Gasteiger partial charge in [0, 0.05) is 24.0 Å². The summed E-state index contributed by atoms with van der Waals surface area (Å²) in [7, 11) is 0. The Morgan fingerprint density at radius 1 is 1.03 bits per heavy atom. The zero-order valence-electron chi connectivity index (χ0n) is 19.2. The summed E-state index contributed by atoms with van der Waals surface area (Å²) < 4.78 is 0.961. The van der Waals surface area contributed by atoms with Crippen LogP contribution in [0.5, 0.6) is 0 Å². The standard InChI is InChI=1S/C26H35BrN2O2/c1-5-6-16-28-26(31)20(4)29(18-22-8-7-9-24(27)17-22)25(30)15-12-21-10-13-23(14-11-21)19(2)3/h7-11,13-14,17,19-20H,5-6,12,15-16,18H2,1-4H3,(H,28,31). The molecule has 2 rings (SSSR count). The van der Waals surface area contributed by atoms with Crippen molar-refractivity contribution in [3.05, 3.63) is 69.7 Å². The summed E-state index contributed by atoms with van der Waals surface area (Å²) in [4.78, 5) is 27.6. The summed E-state index contributed by atoms with van der Waals surface area (Å²) in [6, 6.07) is 15.8. The fourth-order valence-electron chi connectivity index (χ4n) is 3.41. The smallest absolute Gasteiger partial charge is 0.242 e. The SMILES string of the molecule is CCCCNC(=O)C(C)N(Cc1cccc(Br)c1)C(=O)CCc1ccc(C(C)C)cc1. The monoisotopic (exact) mass is 486 g/mol. The minimum Gasteiger partial charge on any atom is -0.354 e. The van der Waals surface area contributed by atoms with Crippen LogP contribution in [0.4, 0.5) is 0 Å². The lowest BCUT2D eigenvalue weighted by Crippen LogP contribution is -2.47. The van der Waals surface area contributed by atoms with Crippen molar-refractivity contribution in [2.75, 3.05) is 6.54 Å². The number of hydrogen-bond donors (Lipinski definition) is 1. The summed E-state index contributed by atoms with van der Waals surface area (Å²) in [6.07, 6.45) is 2.99. The Labute approximate surface area is 195 Å². The highest BCUT2D eigenvalue weighted by molar-refractivity contribution is 9.10. The van der Waals surface area contributed by atoms with Gasteiger partial charge in [-0.15, -0.1) is 0 Å². The number of rotatable bonds is 11. The topological polar surface area (TPSA) is 49.4 Å². The zero-order valence-corrected chi connectivity index (χ0v) is 20.7. The average Bonchev–Trinajstić information content (AvgIpc) is 2.75. The van der Waals surface area contributed by atoms with Crippen LogP contribution in [0.1, 0.15) is 69.6 Å². The van der Waals surface area contributed by atoms with Crippen LogP contribution >= 0.6 is 15.9 Å². The Hall–Kier alpha value is -2.14. The fourth-order valence-corrected chi connectivity index (χ4v) is 3.86. The van der Waals surface area contributed by atoms with Gasteiger partial charge < -0.3 is 10.2 Å². The Morgan fingerprint density at radius 3 is 2.35 bits per heavy atom. The second kappa shape index (κ2) is 12.7. The first-order valence-corrected chi connectivity index (χ1v) is 12.0. The Bertz CT molecular complexity index is 849. The number of hydrogen-bond acceptors (Lipinski definition) is 2. The molecule has 0 bridgehead atoms. The Kier molecular flexibility index (Phi) is 10.3. The van der Waals surface area contributed by atoms with Crippen LogP contribution in [0.15, 0.2) is 53.0 Å². The van der Waals surface area contributed by atoms with Gasteiger partial charge in [-0.3, -0.25) is 9.59 Å². The molecular weight excluding hydrogens is 452 g/mol. The molecule has 0 heterocycles. The number of carbonyl (C=O) groups excluding carboxylic acids is 2. The molecule has 0 saturated carbocycles. The number of benzene rings is 2. The third-order valence-corrected chi connectivity index (χ3v) is 6.01. The van der Waals surface area contributed by atoms with E-state index in [1.165, 1.54) is 5.56 Å². The van der Waals surface area contributed by atoms with Crippen LogP contribution in [0, 0.1) is 0 Å². The van der Waals surface area contributed by atoms with Gasteiger partial charge in [0.1, 0.15) is 6.04 Å². The molecule has 168 valence electrons.